The Labute approximate surface area is 125 Å². The zero-order valence-electron chi connectivity index (χ0n) is 12.9. The van der Waals surface area contributed by atoms with Crippen LogP contribution in [0.5, 0.6) is 0 Å². The second-order valence-corrected chi connectivity index (χ2v) is 4.74. The molecule has 5 heteroatoms. The largest absolute Gasteiger partial charge is 0.333 e. The molecular formula is C16H21N3O2. The van der Waals surface area contributed by atoms with Crippen LogP contribution in [0.15, 0.2) is 35.5 Å². The molecule has 0 aliphatic rings. The highest BCUT2D eigenvalue weighted by molar-refractivity contribution is 5.98. The van der Waals surface area contributed by atoms with Crippen molar-refractivity contribution in [1.29, 1.82) is 0 Å². The van der Waals surface area contributed by atoms with Crippen LogP contribution in [0.25, 0.3) is 0 Å². The lowest BCUT2D eigenvalue weighted by Gasteiger charge is -2.10. The first-order chi connectivity index (χ1) is 9.93. The van der Waals surface area contributed by atoms with Gasteiger partial charge in [0.15, 0.2) is 5.78 Å². The average molecular weight is 287 g/mol. The topological polar surface area (TPSA) is 70.6 Å². The van der Waals surface area contributed by atoms with Gasteiger partial charge in [-0.05, 0) is 39.3 Å². The Morgan fingerprint density at radius 1 is 1.29 bits per heavy atom. The van der Waals surface area contributed by atoms with Crippen LogP contribution in [-0.2, 0) is 0 Å². The van der Waals surface area contributed by atoms with Crippen LogP contribution in [0.2, 0.25) is 0 Å². The SMILES string of the molecule is C/C=C\N=C(C)CNC(=O)Nc1cc(C(C)=O)ccc1C. The summed E-state index contributed by atoms with van der Waals surface area (Å²) in [6.07, 6.45) is 3.50. The van der Waals surface area contributed by atoms with Gasteiger partial charge < -0.3 is 10.6 Å². The Morgan fingerprint density at radius 2 is 2.00 bits per heavy atom. The van der Waals surface area contributed by atoms with E-state index in [0.717, 1.165) is 11.3 Å². The number of rotatable bonds is 5. The molecule has 0 fully saturated rings. The van der Waals surface area contributed by atoms with E-state index in [9.17, 15) is 9.59 Å². The summed E-state index contributed by atoms with van der Waals surface area (Å²) in [5, 5.41) is 5.46. The van der Waals surface area contributed by atoms with Crippen molar-refractivity contribution < 1.29 is 9.59 Å². The normalized spacial score (nSPS) is 11.5. The van der Waals surface area contributed by atoms with E-state index in [0.29, 0.717) is 17.8 Å². The molecule has 0 spiro atoms. The number of allylic oxidation sites excluding steroid dienone is 1. The van der Waals surface area contributed by atoms with Gasteiger partial charge in [-0.1, -0.05) is 18.2 Å². The van der Waals surface area contributed by atoms with Crippen LogP contribution < -0.4 is 10.6 Å². The van der Waals surface area contributed by atoms with Crippen molar-refractivity contribution in [3.63, 3.8) is 0 Å². The second-order valence-electron chi connectivity index (χ2n) is 4.74. The summed E-state index contributed by atoms with van der Waals surface area (Å²) in [5.74, 6) is -0.0345. The minimum absolute atomic E-state index is 0.0345. The van der Waals surface area contributed by atoms with Gasteiger partial charge in [0.05, 0.1) is 6.54 Å². The lowest BCUT2D eigenvalue weighted by molar-refractivity contribution is 0.101. The molecule has 0 heterocycles. The highest BCUT2D eigenvalue weighted by atomic mass is 16.2. The number of urea groups is 1. The number of amides is 2. The quantitative estimate of drug-likeness (QED) is 0.644. The molecule has 0 unspecified atom stereocenters. The summed E-state index contributed by atoms with van der Waals surface area (Å²) in [6.45, 7) is 7.44. The second kappa shape index (κ2) is 7.99. The molecule has 1 rings (SSSR count). The molecule has 0 saturated heterocycles. The molecule has 1 aromatic carbocycles. The fourth-order valence-corrected chi connectivity index (χ4v) is 1.60. The number of benzene rings is 1. The number of aryl methyl sites for hydroxylation is 1. The van der Waals surface area contributed by atoms with Crippen LogP contribution >= 0.6 is 0 Å². The van der Waals surface area contributed by atoms with Gasteiger partial charge in [-0.25, -0.2) is 4.79 Å². The number of ketones is 1. The minimum Gasteiger partial charge on any atom is -0.333 e. The number of anilines is 1. The van der Waals surface area contributed by atoms with E-state index in [2.05, 4.69) is 15.6 Å². The first-order valence-electron chi connectivity index (χ1n) is 6.75. The van der Waals surface area contributed by atoms with Gasteiger partial charge >= 0.3 is 6.03 Å². The van der Waals surface area contributed by atoms with E-state index in [1.807, 2.05) is 32.9 Å². The standard InChI is InChI=1S/C16H21N3O2/c1-5-8-17-12(3)10-18-16(21)19-15-9-14(13(4)20)7-6-11(15)2/h5-9H,10H2,1-4H3,(H2,18,19,21)/b8-5-,17-12?. The minimum atomic E-state index is -0.325. The van der Waals surface area contributed by atoms with Gasteiger partial charge in [0.1, 0.15) is 0 Å². The summed E-state index contributed by atoms with van der Waals surface area (Å²) >= 11 is 0. The van der Waals surface area contributed by atoms with E-state index in [1.54, 1.807) is 18.3 Å². The fourth-order valence-electron chi connectivity index (χ4n) is 1.60. The van der Waals surface area contributed by atoms with E-state index in [-0.39, 0.29) is 11.8 Å². The third kappa shape index (κ3) is 5.60. The summed E-state index contributed by atoms with van der Waals surface area (Å²) in [6, 6.07) is 4.91. The van der Waals surface area contributed by atoms with Crippen LogP contribution in [0.1, 0.15) is 36.7 Å². The molecule has 1 aromatic rings. The van der Waals surface area contributed by atoms with Crippen molar-refractivity contribution in [2.24, 2.45) is 4.99 Å². The molecule has 2 N–H and O–H groups in total. The third-order valence-electron chi connectivity index (χ3n) is 2.84. The molecule has 0 atom stereocenters. The molecule has 0 aromatic heterocycles. The van der Waals surface area contributed by atoms with Crippen molar-refractivity contribution in [3.8, 4) is 0 Å². The maximum Gasteiger partial charge on any atom is 0.319 e. The van der Waals surface area contributed by atoms with Crippen molar-refractivity contribution in [2.45, 2.75) is 27.7 Å². The van der Waals surface area contributed by atoms with Crippen molar-refractivity contribution >= 4 is 23.2 Å². The zero-order valence-corrected chi connectivity index (χ0v) is 12.9. The number of nitrogens with zero attached hydrogens (tertiary/aromatic N) is 1. The maximum atomic E-state index is 11.8. The van der Waals surface area contributed by atoms with Gasteiger partial charge in [-0.15, -0.1) is 0 Å². The van der Waals surface area contributed by atoms with Crippen LogP contribution in [0, 0.1) is 6.92 Å². The Kier molecular flexibility index (Phi) is 6.33. The summed E-state index contributed by atoms with van der Waals surface area (Å²) in [5.41, 5.74) is 2.90. The van der Waals surface area contributed by atoms with Crippen LogP contribution in [0.3, 0.4) is 0 Å². The highest BCUT2D eigenvalue weighted by Crippen LogP contribution is 2.17. The molecule has 0 aliphatic heterocycles. The lowest BCUT2D eigenvalue weighted by Crippen LogP contribution is -2.32. The van der Waals surface area contributed by atoms with E-state index in [1.165, 1.54) is 6.92 Å². The number of aliphatic imine (C=N–C) groups is 1. The number of carbonyl (C=O) groups excluding carboxylic acids is 2. The Morgan fingerprint density at radius 3 is 2.62 bits per heavy atom. The van der Waals surface area contributed by atoms with Gasteiger partial charge in [-0.3, -0.25) is 9.79 Å². The van der Waals surface area contributed by atoms with E-state index in [4.69, 9.17) is 0 Å². The van der Waals surface area contributed by atoms with Gasteiger partial charge in [-0.2, -0.15) is 0 Å². The molecule has 0 radical (unpaired) electrons. The van der Waals surface area contributed by atoms with Crippen LogP contribution in [0.4, 0.5) is 10.5 Å². The predicted molar refractivity (Wildman–Crippen MR) is 86.1 cm³/mol. The van der Waals surface area contributed by atoms with E-state index < -0.39 is 0 Å². The van der Waals surface area contributed by atoms with Crippen molar-refractivity contribution in [3.05, 3.63) is 41.6 Å². The fraction of sp³-hybridized carbons (Fsp3) is 0.312. The molecule has 0 saturated carbocycles. The van der Waals surface area contributed by atoms with Gasteiger partial charge in [0.25, 0.3) is 0 Å². The molecule has 0 aliphatic carbocycles. The summed E-state index contributed by atoms with van der Waals surface area (Å²) < 4.78 is 0. The van der Waals surface area contributed by atoms with Crippen LogP contribution in [-0.4, -0.2) is 24.1 Å². The number of carbonyl (C=O) groups is 2. The van der Waals surface area contributed by atoms with Gasteiger partial charge in [0.2, 0.25) is 0 Å². The van der Waals surface area contributed by atoms with E-state index >= 15 is 0 Å². The monoisotopic (exact) mass is 287 g/mol. The smallest absolute Gasteiger partial charge is 0.319 e. The Balaban J connectivity index is 2.67. The molecule has 112 valence electrons. The molecule has 0 bridgehead atoms. The number of Topliss-reactive ketones (excluding diaryl/α,β-unsaturated/α-hetero) is 1. The van der Waals surface area contributed by atoms with Crippen molar-refractivity contribution in [2.75, 3.05) is 11.9 Å². The number of hydrogen-bond donors (Lipinski definition) is 2. The predicted octanol–water partition coefficient (Wildman–Crippen LogP) is 3.31. The Bertz CT molecular complexity index is 589. The van der Waals surface area contributed by atoms with Gasteiger partial charge in [0, 0.05) is 23.2 Å². The first kappa shape index (κ1) is 16.6. The summed E-state index contributed by atoms with van der Waals surface area (Å²) in [7, 11) is 0. The lowest BCUT2D eigenvalue weighted by atomic mass is 10.1. The molecule has 2 amide bonds. The molecule has 21 heavy (non-hydrogen) atoms. The first-order valence-corrected chi connectivity index (χ1v) is 6.75. The molecule has 5 nitrogen and oxygen atoms in total. The van der Waals surface area contributed by atoms with Crippen molar-refractivity contribution in [1.82, 2.24) is 5.32 Å². The average Bonchev–Trinajstić information content (AvgIpc) is 2.45. The molecular weight excluding hydrogens is 266 g/mol. The summed E-state index contributed by atoms with van der Waals surface area (Å²) in [4.78, 5) is 27.3. The number of nitrogens with one attached hydrogen (secondary N) is 2. The zero-order chi connectivity index (χ0) is 15.8. The third-order valence-corrected chi connectivity index (χ3v) is 2.84. The number of hydrogen-bond acceptors (Lipinski definition) is 3. The maximum absolute atomic E-state index is 11.8. The Hall–Kier alpha value is -2.43. The highest BCUT2D eigenvalue weighted by Gasteiger charge is 2.07.